The van der Waals surface area contributed by atoms with Crippen LogP contribution in [-0.4, -0.2) is 42.9 Å². The summed E-state index contributed by atoms with van der Waals surface area (Å²) in [6.07, 6.45) is 3.66. The van der Waals surface area contributed by atoms with Crippen LogP contribution < -0.4 is 9.64 Å². The lowest BCUT2D eigenvalue weighted by atomic mass is 10.0. The highest BCUT2D eigenvalue weighted by molar-refractivity contribution is 6.54. The monoisotopic (exact) mass is 363 g/mol. The number of para-hydroxylation sites is 1. The number of amides is 1. The largest absolute Gasteiger partial charge is 0.497 e. The van der Waals surface area contributed by atoms with Crippen LogP contribution in [0, 0.1) is 0 Å². The number of carbonyl (C=O) groups is 1. The highest BCUT2D eigenvalue weighted by Crippen LogP contribution is 2.32. The summed E-state index contributed by atoms with van der Waals surface area (Å²) in [7, 11) is 1.64. The van der Waals surface area contributed by atoms with Crippen molar-refractivity contribution in [1.82, 2.24) is 4.90 Å². The summed E-state index contributed by atoms with van der Waals surface area (Å²) in [4.78, 5) is 22.2. The summed E-state index contributed by atoms with van der Waals surface area (Å²) in [6.45, 7) is 3.91. The van der Waals surface area contributed by atoms with Crippen molar-refractivity contribution in [2.75, 3.05) is 25.2 Å². The quantitative estimate of drug-likeness (QED) is 0.825. The van der Waals surface area contributed by atoms with E-state index in [-0.39, 0.29) is 5.91 Å². The molecule has 2 aliphatic heterocycles. The van der Waals surface area contributed by atoms with Crippen LogP contribution in [0.3, 0.4) is 0 Å². The predicted molar refractivity (Wildman–Crippen MR) is 108 cm³/mol. The van der Waals surface area contributed by atoms with Gasteiger partial charge in [-0.15, -0.1) is 0 Å². The van der Waals surface area contributed by atoms with Gasteiger partial charge in [-0.1, -0.05) is 24.6 Å². The van der Waals surface area contributed by atoms with Crippen LogP contribution in [0.5, 0.6) is 5.75 Å². The number of nitrogens with zero attached hydrogens (tertiary/aromatic N) is 3. The number of carbonyl (C=O) groups excluding carboxylic acids is 1. The van der Waals surface area contributed by atoms with Crippen molar-refractivity contribution in [3.05, 3.63) is 54.1 Å². The second-order valence-corrected chi connectivity index (χ2v) is 7.21. The van der Waals surface area contributed by atoms with E-state index in [9.17, 15) is 4.79 Å². The zero-order valence-electron chi connectivity index (χ0n) is 15.9. The summed E-state index contributed by atoms with van der Waals surface area (Å²) in [6, 6.07) is 15.9. The Morgan fingerprint density at radius 1 is 1.11 bits per heavy atom. The summed E-state index contributed by atoms with van der Waals surface area (Å²) in [5.41, 5.74) is 3.12. The van der Waals surface area contributed by atoms with Crippen LogP contribution in [0.25, 0.3) is 0 Å². The minimum Gasteiger partial charge on any atom is -0.497 e. The molecule has 4 rings (SSSR count). The van der Waals surface area contributed by atoms with Gasteiger partial charge in [0.15, 0.2) is 0 Å². The molecule has 2 aromatic rings. The van der Waals surface area contributed by atoms with Gasteiger partial charge < -0.3 is 4.74 Å². The summed E-state index contributed by atoms with van der Waals surface area (Å²) in [5.74, 6) is 0.752. The number of likely N-dealkylation sites (tertiary alicyclic amines) is 1. The molecule has 1 fully saturated rings. The van der Waals surface area contributed by atoms with Crippen molar-refractivity contribution in [2.45, 2.75) is 32.2 Å². The predicted octanol–water partition coefficient (Wildman–Crippen LogP) is 3.99. The maximum absolute atomic E-state index is 13.2. The summed E-state index contributed by atoms with van der Waals surface area (Å²) in [5, 5.41) is 0. The normalized spacial score (nSPS) is 21.6. The average molecular weight is 363 g/mol. The molecule has 27 heavy (non-hydrogen) atoms. The number of ether oxygens (including phenoxy) is 1. The van der Waals surface area contributed by atoms with Gasteiger partial charge in [0.25, 0.3) is 5.91 Å². The van der Waals surface area contributed by atoms with E-state index in [1.165, 1.54) is 19.3 Å². The van der Waals surface area contributed by atoms with E-state index in [1.54, 1.807) is 7.11 Å². The van der Waals surface area contributed by atoms with E-state index >= 15 is 0 Å². The summed E-state index contributed by atoms with van der Waals surface area (Å²) < 4.78 is 5.20. The molecule has 0 aromatic heterocycles. The first-order chi connectivity index (χ1) is 13.2. The molecule has 1 saturated heterocycles. The number of rotatable bonds is 4. The number of fused-ring (bicyclic) bond motifs is 1. The molecular formula is C22H25N3O2. The van der Waals surface area contributed by atoms with Crippen LogP contribution in [0.15, 0.2) is 53.5 Å². The van der Waals surface area contributed by atoms with Crippen LogP contribution >= 0.6 is 0 Å². The minimum absolute atomic E-state index is 0.0233. The molecule has 2 aliphatic rings. The molecule has 1 amide bonds. The Morgan fingerprint density at radius 3 is 2.63 bits per heavy atom. The number of benzene rings is 2. The van der Waals surface area contributed by atoms with Crippen LogP contribution in [0.4, 0.5) is 11.4 Å². The minimum atomic E-state index is -0.0233. The Morgan fingerprint density at radius 2 is 1.89 bits per heavy atom. The smallest absolute Gasteiger partial charge is 0.278 e. The van der Waals surface area contributed by atoms with Crippen molar-refractivity contribution < 1.29 is 9.53 Å². The average Bonchev–Trinajstić information content (AvgIpc) is 2.96. The van der Waals surface area contributed by atoms with Crippen molar-refractivity contribution in [1.29, 1.82) is 0 Å². The van der Waals surface area contributed by atoms with E-state index in [0.29, 0.717) is 18.4 Å². The number of anilines is 1. The standard InChI is InChI=1S/C22H25N3O2/c1-16-7-5-6-14-24(16)15-25-20-9-4-3-8-19(20)21(22(25)26)23-17-10-12-18(27-2)13-11-17/h3-4,8-13,16H,5-7,14-15H2,1-2H3. The van der Waals surface area contributed by atoms with E-state index in [1.807, 2.05) is 53.4 Å². The van der Waals surface area contributed by atoms with E-state index < -0.39 is 0 Å². The highest BCUT2D eigenvalue weighted by Gasteiger charge is 2.35. The van der Waals surface area contributed by atoms with Crippen molar-refractivity contribution in [2.24, 2.45) is 4.99 Å². The van der Waals surface area contributed by atoms with Gasteiger partial charge in [-0.2, -0.15) is 0 Å². The van der Waals surface area contributed by atoms with Crippen molar-refractivity contribution >= 4 is 23.0 Å². The van der Waals surface area contributed by atoms with Gasteiger partial charge in [-0.05, 0) is 50.1 Å². The molecule has 0 spiro atoms. The molecule has 2 heterocycles. The fourth-order valence-electron chi connectivity index (χ4n) is 3.85. The number of piperidine rings is 1. The van der Waals surface area contributed by atoms with E-state index in [4.69, 9.17) is 4.74 Å². The van der Waals surface area contributed by atoms with Gasteiger partial charge in [-0.25, -0.2) is 4.99 Å². The molecule has 0 bridgehead atoms. The number of methoxy groups -OCH3 is 1. The number of aliphatic imine (C=N–C) groups is 1. The molecule has 0 N–H and O–H groups in total. The summed E-state index contributed by atoms with van der Waals surface area (Å²) >= 11 is 0. The lowest BCUT2D eigenvalue weighted by molar-refractivity contribution is -0.112. The second-order valence-electron chi connectivity index (χ2n) is 7.21. The molecule has 0 radical (unpaired) electrons. The molecule has 5 nitrogen and oxygen atoms in total. The van der Waals surface area contributed by atoms with Gasteiger partial charge in [0, 0.05) is 18.2 Å². The third-order valence-electron chi connectivity index (χ3n) is 5.47. The number of hydrogen-bond acceptors (Lipinski definition) is 4. The molecular weight excluding hydrogens is 338 g/mol. The van der Waals surface area contributed by atoms with Gasteiger partial charge >= 0.3 is 0 Å². The molecule has 5 heteroatoms. The fraction of sp³-hybridized carbons (Fsp3) is 0.364. The fourth-order valence-corrected chi connectivity index (χ4v) is 3.85. The Labute approximate surface area is 160 Å². The lowest BCUT2D eigenvalue weighted by Crippen LogP contribution is -2.47. The molecule has 1 unspecified atom stereocenters. The van der Waals surface area contributed by atoms with E-state index in [0.717, 1.165) is 29.2 Å². The van der Waals surface area contributed by atoms with Gasteiger partial charge in [0.2, 0.25) is 0 Å². The van der Waals surface area contributed by atoms with Crippen molar-refractivity contribution in [3.63, 3.8) is 0 Å². The zero-order valence-corrected chi connectivity index (χ0v) is 15.9. The topological polar surface area (TPSA) is 45.1 Å². The number of hydrogen-bond donors (Lipinski definition) is 0. The Balaban J connectivity index is 1.65. The van der Waals surface area contributed by atoms with Gasteiger partial charge in [0.1, 0.15) is 11.5 Å². The van der Waals surface area contributed by atoms with Crippen molar-refractivity contribution in [3.8, 4) is 5.75 Å². The van der Waals surface area contributed by atoms with Gasteiger partial charge in [0.05, 0.1) is 25.2 Å². The van der Waals surface area contributed by atoms with Crippen LogP contribution in [-0.2, 0) is 4.79 Å². The second kappa shape index (κ2) is 7.53. The maximum Gasteiger partial charge on any atom is 0.278 e. The molecule has 2 aromatic carbocycles. The third kappa shape index (κ3) is 3.47. The third-order valence-corrected chi connectivity index (χ3v) is 5.47. The van der Waals surface area contributed by atoms with Crippen LogP contribution in [0.1, 0.15) is 31.7 Å². The zero-order chi connectivity index (χ0) is 18.8. The Kier molecular flexibility index (Phi) is 4.94. The first-order valence-electron chi connectivity index (χ1n) is 9.55. The molecule has 140 valence electrons. The maximum atomic E-state index is 13.2. The Hall–Kier alpha value is -2.66. The molecule has 0 saturated carbocycles. The Bertz CT molecular complexity index is 860. The van der Waals surface area contributed by atoms with Gasteiger partial charge in [-0.3, -0.25) is 14.6 Å². The van der Waals surface area contributed by atoms with E-state index in [2.05, 4.69) is 16.8 Å². The lowest BCUT2D eigenvalue weighted by Gasteiger charge is -2.36. The first kappa shape index (κ1) is 17.7. The van der Waals surface area contributed by atoms with Crippen LogP contribution in [0.2, 0.25) is 0 Å². The molecule has 1 atom stereocenters. The first-order valence-corrected chi connectivity index (χ1v) is 9.55. The molecule has 0 aliphatic carbocycles. The SMILES string of the molecule is COc1ccc(N=C2C(=O)N(CN3CCCCC3C)c3ccccc32)cc1. The highest BCUT2D eigenvalue weighted by atomic mass is 16.5.